The lowest BCUT2D eigenvalue weighted by Crippen LogP contribution is -2.21. The number of hydrogen-bond acceptors (Lipinski definition) is 7. The molecule has 2 N–H and O–H groups in total. The number of methoxy groups -OCH3 is 1. The lowest BCUT2D eigenvalue weighted by Gasteiger charge is -2.17. The molecule has 0 radical (unpaired) electrons. The maximum atomic E-state index is 5.76. The van der Waals surface area contributed by atoms with Gasteiger partial charge in [0.15, 0.2) is 0 Å². The standard InChI is InChI=1S/C11H16N4O2S/c1-6(12)9-13-7(5-18-9)8-14-10(15-17-8)11(2,3)16-4/h5-6H,12H2,1-4H3. The van der Waals surface area contributed by atoms with Gasteiger partial charge in [0.1, 0.15) is 16.3 Å². The zero-order valence-corrected chi connectivity index (χ0v) is 11.6. The van der Waals surface area contributed by atoms with Gasteiger partial charge in [-0.25, -0.2) is 4.98 Å². The summed E-state index contributed by atoms with van der Waals surface area (Å²) in [5.74, 6) is 0.883. The number of aromatic nitrogens is 3. The summed E-state index contributed by atoms with van der Waals surface area (Å²) in [7, 11) is 1.60. The quantitative estimate of drug-likeness (QED) is 0.913. The van der Waals surface area contributed by atoms with Gasteiger partial charge in [-0.05, 0) is 20.8 Å². The van der Waals surface area contributed by atoms with E-state index in [0.717, 1.165) is 5.01 Å². The van der Waals surface area contributed by atoms with Crippen molar-refractivity contribution in [2.75, 3.05) is 7.11 Å². The molecule has 0 aliphatic heterocycles. The molecule has 18 heavy (non-hydrogen) atoms. The van der Waals surface area contributed by atoms with Crippen molar-refractivity contribution in [1.82, 2.24) is 15.1 Å². The molecule has 0 saturated heterocycles. The molecular weight excluding hydrogens is 252 g/mol. The molecular formula is C11H16N4O2S. The summed E-state index contributed by atoms with van der Waals surface area (Å²) < 4.78 is 10.5. The second kappa shape index (κ2) is 4.75. The van der Waals surface area contributed by atoms with Crippen LogP contribution in [-0.4, -0.2) is 22.2 Å². The molecule has 0 fully saturated rings. The molecule has 0 spiro atoms. The van der Waals surface area contributed by atoms with Gasteiger partial charge < -0.3 is 15.0 Å². The van der Waals surface area contributed by atoms with Crippen LogP contribution in [0.1, 0.15) is 37.6 Å². The van der Waals surface area contributed by atoms with Gasteiger partial charge in [-0.1, -0.05) is 5.16 Å². The van der Waals surface area contributed by atoms with Gasteiger partial charge in [-0.15, -0.1) is 11.3 Å². The molecule has 98 valence electrons. The Kier molecular flexibility index (Phi) is 3.47. The SMILES string of the molecule is COC(C)(C)c1noc(-c2csc(C(C)N)n2)n1. The summed E-state index contributed by atoms with van der Waals surface area (Å²) in [4.78, 5) is 8.65. The molecule has 1 atom stereocenters. The summed E-state index contributed by atoms with van der Waals surface area (Å²) in [6.07, 6.45) is 0. The zero-order valence-electron chi connectivity index (χ0n) is 10.8. The Labute approximate surface area is 109 Å². The van der Waals surface area contributed by atoms with E-state index in [1.165, 1.54) is 11.3 Å². The maximum absolute atomic E-state index is 5.76. The van der Waals surface area contributed by atoms with E-state index in [1.54, 1.807) is 7.11 Å². The Morgan fingerprint density at radius 1 is 1.44 bits per heavy atom. The Morgan fingerprint density at radius 2 is 2.17 bits per heavy atom. The van der Waals surface area contributed by atoms with Crippen LogP contribution in [0.15, 0.2) is 9.90 Å². The first-order chi connectivity index (χ1) is 8.44. The normalized spacial score (nSPS) is 13.8. The highest BCUT2D eigenvalue weighted by molar-refractivity contribution is 7.10. The molecule has 0 bridgehead atoms. The highest BCUT2D eigenvalue weighted by atomic mass is 32.1. The first-order valence-electron chi connectivity index (χ1n) is 5.54. The molecule has 0 amide bonds. The maximum Gasteiger partial charge on any atom is 0.277 e. The molecule has 2 rings (SSSR count). The van der Waals surface area contributed by atoms with Gasteiger partial charge in [0.25, 0.3) is 5.89 Å². The minimum Gasteiger partial charge on any atom is -0.371 e. The minimum absolute atomic E-state index is 0.0958. The van der Waals surface area contributed by atoms with Crippen molar-refractivity contribution in [2.45, 2.75) is 32.4 Å². The van der Waals surface area contributed by atoms with Crippen molar-refractivity contribution < 1.29 is 9.26 Å². The molecule has 0 aliphatic rings. The second-order valence-corrected chi connectivity index (χ2v) is 5.39. The second-order valence-electron chi connectivity index (χ2n) is 4.50. The van der Waals surface area contributed by atoms with Gasteiger partial charge in [-0.2, -0.15) is 4.98 Å². The molecule has 2 heterocycles. The number of thiazole rings is 1. The molecule has 2 aromatic rings. The van der Waals surface area contributed by atoms with Crippen LogP contribution in [0.2, 0.25) is 0 Å². The van der Waals surface area contributed by atoms with Crippen molar-refractivity contribution in [3.63, 3.8) is 0 Å². The van der Waals surface area contributed by atoms with Crippen molar-refractivity contribution in [1.29, 1.82) is 0 Å². The monoisotopic (exact) mass is 268 g/mol. The van der Waals surface area contributed by atoms with Crippen LogP contribution in [0, 0.1) is 0 Å². The van der Waals surface area contributed by atoms with Crippen LogP contribution in [0.4, 0.5) is 0 Å². The highest BCUT2D eigenvalue weighted by Crippen LogP contribution is 2.26. The van der Waals surface area contributed by atoms with Crippen LogP contribution in [0.25, 0.3) is 11.6 Å². The van der Waals surface area contributed by atoms with Crippen molar-refractivity contribution in [2.24, 2.45) is 5.73 Å². The van der Waals surface area contributed by atoms with E-state index < -0.39 is 5.60 Å². The van der Waals surface area contributed by atoms with Crippen LogP contribution < -0.4 is 5.73 Å². The Morgan fingerprint density at radius 3 is 2.72 bits per heavy atom. The van der Waals surface area contributed by atoms with E-state index in [9.17, 15) is 0 Å². The third kappa shape index (κ3) is 2.43. The van der Waals surface area contributed by atoms with Gasteiger partial charge in [0, 0.05) is 12.5 Å². The predicted molar refractivity (Wildman–Crippen MR) is 68.0 cm³/mol. The number of ether oxygens (including phenoxy) is 1. The van der Waals surface area contributed by atoms with E-state index in [-0.39, 0.29) is 6.04 Å². The fraction of sp³-hybridized carbons (Fsp3) is 0.545. The van der Waals surface area contributed by atoms with Gasteiger partial charge in [0.05, 0.1) is 6.04 Å². The fourth-order valence-corrected chi connectivity index (χ4v) is 2.01. The summed E-state index contributed by atoms with van der Waals surface area (Å²) >= 11 is 1.48. The van der Waals surface area contributed by atoms with Gasteiger partial charge >= 0.3 is 0 Å². The summed E-state index contributed by atoms with van der Waals surface area (Å²) in [6, 6.07) is -0.0958. The first-order valence-corrected chi connectivity index (χ1v) is 6.42. The van der Waals surface area contributed by atoms with Crippen LogP contribution in [0.5, 0.6) is 0 Å². The number of nitrogens with two attached hydrogens (primary N) is 1. The predicted octanol–water partition coefficient (Wildman–Crippen LogP) is 2.09. The van der Waals surface area contributed by atoms with Gasteiger partial charge in [-0.3, -0.25) is 0 Å². The molecule has 0 saturated carbocycles. The average Bonchev–Trinajstić information content (AvgIpc) is 2.97. The third-order valence-corrected chi connectivity index (χ3v) is 3.65. The van der Waals surface area contributed by atoms with Gasteiger partial charge in [0.2, 0.25) is 5.82 Å². The molecule has 6 nitrogen and oxygen atoms in total. The molecule has 1 unspecified atom stereocenters. The van der Waals surface area contributed by atoms with Crippen LogP contribution in [0.3, 0.4) is 0 Å². The summed E-state index contributed by atoms with van der Waals surface area (Å²) in [5, 5.41) is 6.61. The Bertz CT molecular complexity index is 533. The fourth-order valence-electron chi connectivity index (χ4n) is 1.26. The lowest BCUT2D eigenvalue weighted by atomic mass is 10.1. The number of rotatable bonds is 4. The van der Waals surface area contributed by atoms with E-state index in [2.05, 4.69) is 15.1 Å². The molecule has 2 aromatic heterocycles. The number of nitrogens with zero attached hydrogens (tertiary/aromatic N) is 3. The molecule has 7 heteroatoms. The molecule has 0 aliphatic carbocycles. The van der Waals surface area contributed by atoms with Crippen molar-refractivity contribution >= 4 is 11.3 Å². The highest BCUT2D eigenvalue weighted by Gasteiger charge is 2.27. The van der Waals surface area contributed by atoms with E-state index >= 15 is 0 Å². The van der Waals surface area contributed by atoms with Crippen molar-refractivity contribution in [3.05, 3.63) is 16.2 Å². The first kappa shape index (κ1) is 13.1. The lowest BCUT2D eigenvalue weighted by molar-refractivity contribution is 0.00973. The Hall–Kier alpha value is -1.31. The topological polar surface area (TPSA) is 87.1 Å². The van der Waals surface area contributed by atoms with E-state index in [1.807, 2.05) is 26.2 Å². The molecule has 0 aromatic carbocycles. The largest absolute Gasteiger partial charge is 0.371 e. The zero-order chi connectivity index (χ0) is 13.3. The number of hydrogen-bond donors (Lipinski definition) is 1. The summed E-state index contributed by atoms with van der Waals surface area (Å²) in [5.41, 5.74) is 5.83. The van der Waals surface area contributed by atoms with E-state index in [0.29, 0.717) is 17.4 Å². The minimum atomic E-state index is -0.582. The van der Waals surface area contributed by atoms with Crippen LogP contribution >= 0.6 is 11.3 Å². The Balaban J connectivity index is 2.29. The smallest absolute Gasteiger partial charge is 0.277 e. The summed E-state index contributed by atoms with van der Waals surface area (Å²) in [6.45, 7) is 5.63. The van der Waals surface area contributed by atoms with E-state index in [4.69, 9.17) is 15.0 Å². The van der Waals surface area contributed by atoms with Crippen LogP contribution in [-0.2, 0) is 10.3 Å². The average molecular weight is 268 g/mol. The van der Waals surface area contributed by atoms with Crippen molar-refractivity contribution in [3.8, 4) is 11.6 Å². The third-order valence-electron chi connectivity index (χ3n) is 2.61.